The molecule has 0 aliphatic carbocycles. The van der Waals surface area contributed by atoms with Crippen molar-refractivity contribution in [2.24, 2.45) is 0 Å². The van der Waals surface area contributed by atoms with Crippen LogP contribution in [0.3, 0.4) is 0 Å². The first-order chi connectivity index (χ1) is 11.2. The molecule has 1 fully saturated rings. The second-order valence-electron chi connectivity index (χ2n) is 6.60. The van der Waals surface area contributed by atoms with E-state index in [2.05, 4.69) is 52.3 Å². The molecule has 0 aromatic carbocycles. The van der Waals surface area contributed by atoms with E-state index in [0.717, 1.165) is 32.0 Å². The molecule has 0 saturated carbocycles. The first-order valence-corrected chi connectivity index (χ1v) is 8.58. The van der Waals surface area contributed by atoms with Gasteiger partial charge in [-0.05, 0) is 31.9 Å². The van der Waals surface area contributed by atoms with Crippen molar-refractivity contribution in [2.45, 2.75) is 45.8 Å². The van der Waals surface area contributed by atoms with Gasteiger partial charge in [0.05, 0.1) is 6.33 Å². The van der Waals surface area contributed by atoms with Crippen LogP contribution in [0.4, 0.5) is 5.82 Å². The Morgan fingerprint density at radius 3 is 2.74 bits per heavy atom. The lowest BCUT2D eigenvalue weighted by Crippen LogP contribution is -2.55. The third-order valence-corrected chi connectivity index (χ3v) is 4.72. The highest BCUT2D eigenvalue weighted by atomic mass is 15.3. The van der Waals surface area contributed by atoms with Crippen LogP contribution in [0.1, 0.15) is 32.8 Å². The average molecular weight is 313 g/mol. The monoisotopic (exact) mass is 313 g/mol. The van der Waals surface area contributed by atoms with Crippen LogP contribution in [0.15, 0.2) is 37.1 Å². The van der Waals surface area contributed by atoms with Crippen molar-refractivity contribution < 1.29 is 0 Å². The number of pyridine rings is 1. The summed E-state index contributed by atoms with van der Waals surface area (Å²) >= 11 is 0. The minimum atomic E-state index is 0.618. The highest BCUT2D eigenvalue weighted by molar-refractivity contribution is 5.40. The van der Waals surface area contributed by atoms with E-state index in [0.29, 0.717) is 12.1 Å². The fraction of sp³-hybridized carbons (Fsp3) is 0.556. The number of anilines is 1. The largest absolute Gasteiger partial charge is 0.354 e. The quantitative estimate of drug-likeness (QED) is 0.850. The van der Waals surface area contributed by atoms with Crippen LogP contribution in [0.5, 0.6) is 0 Å². The standard InChI is InChI=1S/C18H27N5/c1-4-17-13-22(9-10-23(17)15(2)3)18-6-5-16(11-20-18)12-21-8-7-19-14-21/h5-8,11,14-15,17H,4,9-10,12-13H2,1-3H3/t17-/m0/s1. The van der Waals surface area contributed by atoms with Gasteiger partial charge in [0.2, 0.25) is 0 Å². The minimum Gasteiger partial charge on any atom is -0.354 e. The summed E-state index contributed by atoms with van der Waals surface area (Å²) in [4.78, 5) is 13.8. The van der Waals surface area contributed by atoms with Gasteiger partial charge in [-0.2, -0.15) is 0 Å². The van der Waals surface area contributed by atoms with E-state index < -0.39 is 0 Å². The van der Waals surface area contributed by atoms with Crippen molar-refractivity contribution in [2.75, 3.05) is 24.5 Å². The van der Waals surface area contributed by atoms with Crippen molar-refractivity contribution in [1.29, 1.82) is 0 Å². The minimum absolute atomic E-state index is 0.618. The highest BCUT2D eigenvalue weighted by Crippen LogP contribution is 2.20. The lowest BCUT2D eigenvalue weighted by molar-refractivity contribution is 0.133. The molecule has 1 atom stereocenters. The van der Waals surface area contributed by atoms with Gasteiger partial charge in [0.1, 0.15) is 5.82 Å². The van der Waals surface area contributed by atoms with Crippen LogP contribution in [0.25, 0.3) is 0 Å². The van der Waals surface area contributed by atoms with E-state index in [-0.39, 0.29) is 0 Å². The molecular formula is C18H27N5. The fourth-order valence-corrected chi connectivity index (χ4v) is 3.41. The molecule has 2 aromatic rings. The molecule has 0 radical (unpaired) electrons. The molecule has 0 bridgehead atoms. The number of nitrogens with zero attached hydrogens (tertiary/aromatic N) is 5. The molecular weight excluding hydrogens is 286 g/mol. The Morgan fingerprint density at radius 2 is 2.13 bits per heavy atom. The van der Waals surface area contributed by atoms with E-state index in [1.165, 1.54) is 12.0 Å². The molecule has 3 rings (SSSR count). The van der Waals surface area contributed by atoms with Crippen LogP contribution in [-0.4, -0.2) is 51.2 Å². The molecule has 2 aromatic heterocycles. The molecule has 1 saturated heterocycles. The smallest absolute Gasteiger partial charge is 0.128 e. The first kappa shape index (κ1) is 16.0. The topological polar surface area (TPSA) is 37.2 Å². The molecule has 23 heavy (non-hydrogen) atoms. The van der Waals surface area contributed by atoms with Crippen LogP contribution >= 0.6 is 0 Å². The molecule has 0 N–H and O–H groups in total. The summed E-state index contributed by atoms with van der Waals surface area (Å²) < 4.78 is 2.06. The molecule has 0 amide bonds. The molecule has 0 unspecified atom stereocenters. The number of imidazole rings is 1. The zero-order chi connectivity index (χ0) is 16.2. The normalized spacial score (nSPS) is 19.5. The summed E-state index contributed by atoms with van der Waals surface area (Å²) in [5.41, 5.74) is 1.21. The third-order valence-electron chi connectivity index (χ3n) is 4.72. The number of rotatable bonds is 5. The van der Waals surface area contributed by atoms with Crippen LogP contribution in [0.2, 0.25) is 0 Å². The molecule has 1 aliphatic rings. The molecule has 5 nitrogen and oxygen atoms in total. The summed E-state index contributed by atoms with van der Waals surface area (Å²) in [7, 11) is 0. The Hall–Kier alpha value is -1.88. The van der Waals surface area contributed by atoms with E-state index in [4.69, 9.17) is 4.98 Å². The van der Waals surface area contributed by atoms with Gasteiger partial charge in [-0.1, -0.05) is 13.0 Å². The van der Waals surface area contributed by atoms with Crippen LogP contribution in [0, 0.1) is 0 Å². The molecule has 5 heteroatoms. The van der Waals surface area contributed by atoms with Crippen molar-refractivity contribution in [3.05, 3.63) is 42.6 Å². The molecule has 0 spiro atoms. The summed E-state index contributed by atoms with van der Waals surface area (Å²) in [6, 6.07) is 5.58. The Labute approximate surface area is 139 Å². The molecule has 3 heterocycles. The van der Waals surface area contributed by atoms with Gasteiger partial charge in [0.25, 0.3) is 0 Å². The van der Waals surface area contributed by atoms with Crippen LogP contribution < -0.4 is 4.90 Å². The summed E-state index contributed by atoms with van der Waals surface area (Å²) in [6.45, 7) is 10.9. The Morgan fingerprint density at radius 1 is 1.26 bits per heavy atom. The van der Waals surface area contributed by atoms with E-state index in [1.807, 2.05) is 18.7 Å². The average Bonchev–Trinajstić information content (AvgIpc) is 3.08. The van der Waals surface area contributed by atoms with Gasteiger partial charge in [-0.15, -0.1) is 0 Å². The maximum Gasteiger partial charge on any atom is 0.128 e. The number of piperazine rings is 1. The summed E-state index contributed by atoms with van der Waals surface area (Å²) in [5.74, 6) is 1.10. The maximum absolute atomic E-state index is 4.70. The van der Waals surface area contributed by atoms with Crippen molar-refractivity contribution in [1.82, 2.24) is 19.4 Å². The van der Waals surface area contributed by atoms with Gasteiger partial charge in [0.15, 0.2) is 0 Å². The van der Waals surface area contributed by atoms with Gasteiger partial charge >= 0.3 is 0 Å². The lowest BCUT2D eigenvalue weighted by atomic mass is 10.1. The Balaban J connectivity index is 1.65. The SMILES string of the molecule is CC[C@H]1CN(c2ccc(Cn3ccnc3)cn2)CCN1C(C)C. The summed E-state index contributed by atoms with van der Waals surface area (Å²) in [6.07, 6.45) is 8.80. The Kier molecular flexibility index (Phi) is 4.96. The molecule has 1 aliphatic heterocycles. The van der Waals surface area contributed by atoms with Crippen molar-refractivity contribution in [3.8, 4) is 0 Å². The van der Waals surface area contributed by atoms with E-state index >= 15 is 0 Å². The second-order valence-corrected chi connectivity index (χ2v) is 6.60. The Bertz CT molecular complexity index is 590. The maximum atomic E-state index is 4.70. The van der Waals surface area contributed by atoms with Gasteiger partial charge in [-0.3, -0.25) is 4.90 Å². The van der Waals surface area contributed by atoms with Crippen molar-refractivity contribution in [3.63, 3.8) is 0 Å². The van der Waals surface area contributed by atoms with E-state index in [1.54, 1.807) is 6.20 Å². The first-order valence-electron chi connectivity index (χ1n) is 8.58. The predicted octanol–water partition coefficient (Wildman–Crippen LogP) is 2.64. The predicted molar refractivity (Wildman–Crippen MR) is 93.7 cm³/mol. The molecule has 124 valence electrons. The second kappa shape index (κ2) is 7.13. The van der Waals surface area contributed by atoms with Gasteiger partial charge < -0.3 is 9.47 Å². The lowest BCUT2D eigenvalue weighted by Gasteiger charge is -2.43. The highest BCUT2D eigenvalue weighted by Gasteiger charge is 2.27. The summed E-state index contributed by atoms with van der Waals surface area (Å²) in [5, 5.41) is 0. The third kappa shape index (κ3) is 3.72. The van der Waals surface area contributed by atoms with Crippen LogP contribution in [-0.2, 0) is 6.54 Å². The zero-order valence-electron chi connectivity index (χ0n) is 14.4. The number of hydrogen-bond donors (Lipinski definition) is 0. The van der Waals surface area contributed by atoms with Gasteiger partial charge in [-0.25, -0.2) is 9.97 Å². The van der Waals surface area contributed by atoms with Crippen molar-refractivity contribution >= 4 is 5.82 Å². The fourth-order valence-electron chi connectivity index (χ4n) is 3.41. The zero-order valence-corrected chi connectivity index (χ0v) is 14.4. The van der Waals surface area contributed by atoms with E-state index in [9.17, 15) is 0 Å². The number of aromatic nitrogens is 3. The van der Waals surface area contributed by atoms with Gasteiger partial charge in [0, 0.05) is 56.9 Å². The number of hydrogen-bond acceptors (Lipinski definition) is 4.